The molecule has 3 N–H and O–H groups in total. The lowest BCUT2D eigenvalue weighted by molar-refractivity contribution is -2.00. The van der Waals surface area contributed by atoms with Gasteiger partial charge in [-0.2, -0.15) is 9.15 Å². The highest BCUT2D eigenvalue weighted by molar-refractivity contribution is 6.03. The average molecular weight is 1130 g/mol. The summed E-state index contributed by atoms with van der Waals surface area (Å²) in [7, 11) is -4.94. The molecule has 4 aliphatic heterocycles. The van der Waals surface area contributed by atoms with Gasteiger partial charge in [-0.05, 0) is 89.4 Å². The van der Waals surface area contributed by atoms with Crippen molar-refractivity contribution in [3.05, 3.63) is 174 Å². The summed E-state index contributed by atoms with van der Waals surface area (Å²) in [5, 5.41) is 0. The Balaban J connectivity index is 0.000000296. The van der Waals surface area contributed by atoms with Crippen LogP contribution in [0.3, 0.4) is 0 Å². The minimum atomic E-state index is -4.94. The summed E-state index contributed by atoms with van der Waals surface area (Å²) in [5.41, 5.74) is 20.3. The molecule has 0 bridgehead atoms. The Labute approximate surface area is 490 Å². The maximum atomic E-state index is 10.1. The van der Waals surface area contributed by atoms with Gasteiger partial charge in [-0.3, -0.25) is 15.6 Å². The van der Waals surface area contributed by atoms with E-state index < -0.39 is 10.2 Å². The van der Waals surface area contributed by atoms with Gasteiger partial charge in [0.2, 0.25) is 11.4 Å². The molecule has 11 nitrogen and oxygen atoms in total. The summed E-state index contributed by atoms with van der Waals surface area (Å²) >= 11 is 0. The fourth-order valence-corrected chi connectivity index (χ4v) is 10.3. The summed E-state index contributed by atoms with van der Waals surface area (Å²) in [6.45, 7) is 38.4. The van der Waals surface area contributed by atoms with Gasteiger partial charge >= 0.3 is 0 Å². The molecular weight excluding hydrogens is 1030 g/mol. The number of unbranched alkanes of at least 4 members (excludes halogenated alkanes) is 3. The van der Waals surface area contributed by atoms with Gasteiger partial charge in [-0.1, -0.05) is 186 Å². The predicted octanol–water partition coefficient (Wildman–Crippen LogP) is 12.9. The van der Waals surface area contributed by atoms with E-state index in [9.17, 15) is 4.79 Å². The first kappa shape index (κ1) is 69.2. The van der Waals surface area contributed by atoms with Gasteiger partial charge in [0.1, 0.15) is 18.9 Å². The third-order valence-electron chi connectivity index (χ3n) is 16.0. The maximum absolute atomic E-state index is 10.1. The Morgan fingerprint density at radius 3 is 1.57 bits per heavy atom. The molecule has 0 unspecified atom stereocenters. The van der Waals surface area contributed by atoms with Crippen molar-refractivity contribution in [2.75, 3.05) is 30.0 Å². The van der Waals surface area contributed by atoms with Gasteiger partial charge in [0, 0.05) is 95.2 Å². The number of allylic oxidation sites excluding steroid dienone is 4. The van der Waals surface area contributed by atoms with Crippen molar-refractivity contribution in [1.29, 1.82) is 0 Å². The van der Waals surface area contributed by atoms with E-state index in [-0.39, 0.29) is 40.8 Å². The first-order valence-electron chi connectivity index (χ1n) is 28.6. The Hall–Kier alpha value is -6.05. The highest BCUT2D eigenvalue weighted by Gasteiger charge is 2.45. The molecule has 0 saturated carbocycles. The van der Waals surface area contributed by atoms with E-state index in [0.717, 1.165) is 31.0 Å². The lowest BCUT2D eigenvalue weighted by Crippen LogP contribution is -2.68. The van der Waals surface area contributed by atoms with Crippen LogP contribution in [0.2, 0.25) is 0 Å². The largest absolute Gasteiger partial charge is 0.344 e. The van der Waals surface area contributed by atoms with E-state index in [2.05, 4.69) is 224 Å². The first-order valence-corrected chi connectivity index (χ1v) is 29.9. The van der Waals surface area contributed by atoms with Crippen molar-refractivity contribution < 1.29 is 42.8 Å². The number of benzene rings is 5. The van der Waals surface area contributed by atoms with Gasteiger partial charge < -0.3 is 10.3 Å². The van der Waals surface area contributed by atoms with E-state index in [4.69, 9.17) is 24.5 Å². The van der Waals surface area contributed by atoms with Gasteiger partial charge in [-0.15, -0.1) is 10.2 Å². The number of carbonyl (C=O) groups excluding carboxylic acids is 1. The van der Waals surface area contributed by atoms with Crippen LogP contribution in [0, 0.1) is 16.2 Å². The monoisotopic (exact) mass is 1130 g/mol. The Kier molecular flexibility index (Phi) is 26.4. The maximum Gasteiger partial charge on any atom is 0.209 e. The normalized spacial score (nSPS) is 16.5. The number of hydrazine groups is 1. The number of halogens is 1. The zero-order valence-electron chi connectivity index (χ0n) is 51.1. The number of rotatable bonds is 13. The Morgan fingerprint density at radius 1 is 0.630 bits per heavy atom. The zero-order valence-corrected chi connectivity index (χ0v) is 51.8. The highest BCUT2D eigenvalue weighted by atomic mass is 35.7. The van der Waals surface area contributed by atoms with Gasteiger partial charge in [-0.25, -0.2) is 18.6 Å². The second-order valence-electron chi connectivity index (χ2n) is 23.3. The second kappa shape index (κ2) is 30.8. The summed E-state index contributed by atoms with van der Waals surface area (Å²) in [4.78, 5) is 17.2. The molecule has 5 aromatic carbocycles. The molecule has 0 fully saturated rings. The van der Waals surface area contributed by atoms with Crippen molar-refractivity contribution in [1.82, 2.24) is 0 Å². The van der Waals surface area contributed by atoms with Crippen LogP contribution in [0.15, 0.2) is 156 Å². The molecule has 12 heteroatoms. The van der Waals surface area contributed by atoms with Gasteiger partial charge in [0.25, 0.3) is 0 Å². The van der Waals surface area contributed by atoms with Crippen LogP contribution >= 0.6 is 0 Å². The number of ketones is 1. The molecule has 0 radical (unpaired) electrons. The molecule has 5 aromatic rings. The molecule has 9 rings (SSSR count). The zero-order chi connectivity index (χ0) is 59.6. The Morgan fingerprint density at radius 2 is 1.07 bits per heavy atom. The van der Waals surface area contributed by atoms with E-state index in [1.807, 2.05) is 50.2 Å². The number of hydrogen-bond donors (Lipinski definition) is 2. The van der Waals surface area contributed by atoms with Crippen LogP contribution in [0.25, 0.3) is 0 Å². The van der Waals surface area contributed by atoms with E-state index in [1.54, 1.807) is 6.92 Å². The fraction of sp³-hybridized carbons (Fsp3) is 0.449. The third kappa shape index (κ3) is 18.0. The minimum Gasteiger partial charge on any atom is -0.344 e. The van der Waals surface area contributed by atoms with E-state index in [0.29, 0.717) is 0 Å². The summed E-state index contributed by atoms with van der Waals surface area (Å²) < 4.78 is 39.0. The number of hydrogen-bond acceptors (Lipinski definition) is 9. The molecule has 4 aliphatic rings. The van der Waals surface area contributed by atoms with Crippen molar-refractivity contribution >= 4 is 51.4 Å². The lowest BCUT2D eigenvalue weighted by atomic mass is 9.81. The molecule has 0 spiro atoms. The number of nitrogens with zero attached hydrogens (tertiary/aromatic N) is 4. The highest BCUT2D eigenvalue weighted by Crippen LogP contribution is 2.48. The van der Waals surface area contributed by atoms with Crippen LogP contribution in [0.1, 0.15) is 179 Å². The van der Waals surface area contributed by atoms with Crippen LogP contribution in [0.4, 0.5) is 28.4 Å². The van der Waals surface area contributed by atoms with Gasteiger partial charge in [0.05, 0.1) is 16.5 Å². The van der Waals surface area contributed by atoms with Crippen LogP contribution in [-0.4, -0.2) is 51.7 Å². The standard InChI is InChI=1S/C31H41N2.C15H22N.C11H13N.C6H8N2.C5H10O.CH4.ClHO4/c1-7-9-22-32-26-18-13-11-16-24(26)30(3,4)28(32)20-15-21-29-31(5,6)25-17-12-14-19-27(25)33(29)23-10-8-2;1-5-6-11-16-12(2)15(3,4)13-9-7-8-10-14(13)16;1-8-11(2,3)9-6-4-5-7-10(9)12-8;7-8-6-4-2-1-3-5-6;1-4(2)5(3)6;;2-1(3,4)5/h11-21H,7-10,22-23H2,1-6H3;7-10H,5-6,11H2,1-4H3;4-7H,1-3H3;1-5,8H,7H2;4H,1-3H3;1H4;(H,2,3,4,5)/q2*+1;;;;;/p-1. The fourth-order valence-electron chi connectivity index (χ4n) is 10.3. The molecule has 81 heavy (non-hydrogen) atoms. The van der Waals surface area contributed by atoms with Crippen molar-refractivity contribution in [2.24, 2.45) is 16.8 Å². The predicted molar refractivity (Wildman–Crippen MR) is 332 cm³/mol. The van der Waals surface area contributed by atoms with Crippen molar-refractivity contribution in [3.8, 4) is 0 Å². The van der Waals surface area contributed by atoms with E-state index >= 15 is 0 Å². The summed E-state index contributed by atoms with van der Waals surface area (Å²) in [6.07, 6.45) is 14.4. The SMILES string of the molecule is C.CC(=O)C(C)C.CC1=Nc2ccccc2C1(C)C.CCCCN1C(=CC=CC2=[N+](CCCC)c3ccccc3C2(C)C)C(C)(C)c2ccccc21.CCCC[N+]1=C(C)C(C)(C)c2ccccc21.NNc1ccccc1.[O-][Cl+3]([O-])([O-])[O-]. The average Bonchev–Trinajstić information content (AvgIpc) is 4.16. The number of fused-ring (bicyclic) bond motifs is 4. The molecule has 0 amide bonds. The quantitative estimate of drug-likeness (QED) is 0.0667. The van der Waals surface area contributed by atoms with Crippen LogP contribution in [0.5, 0.6) is 0 Å². The number of nitrogens with two attached hydrogens (primary N) is 1. The molecule has 4 heterocycles. The molecule has 440 valence electrons. The minimum absolute atomic E-state index is 0. The lowest BCUT2D eigenvalue weighted by Gasteiger charge is -2.27. The number of nitrogens with one attached hydrogen (secondary N) is 1. The number of carbonyl (C=O) groups is 1. The number of anilines is 2. The molecule has 0 atom stereocenters. The molecular formula is C69H98ClN6O5+. The molecule has 0 aliphatic carbocycles. The summed E-state index contributed by atoms with van der Waals surface area (Å²) in [6, 6.07) is 44.7. The molecule has 0 saturated heterocycles. The number of nitrogen functional groups attached to an aromatic ring is 1. The number of para-hydroxylation sites is 5. The number of Topliss-reactive ketones (excluding diaryl/α,β-unsaturated/α-hetero) is 1. The van der Waals surface area contributed by atoms with Crippen LogP contribution in [-0.2, 0) is 26.5 Å². The first-order chi connectivity index (χ1) is 37.6. The topological polar surface area (TPSA) is 169 Å². The van der Waals surface area contributed by atoms with Gasteiger partial charge in [0.15, 0.2) is 11.4 Å². The third-order valence-corrected chi connectivity index (χ3v) is 16.0. The van der Waals surface area contributed by atoms with Crippen molar-refractivity contribution in [3.63, 3.8) is 0 Å². The second-order valence-corrected chi connectivity index (χ2v) is 24.1. The Bertz CT molecular complexity index is 2970. The summed E-state index contributed by atoms with van der Waals surface area (Å²) in [5.74, 6) is 5.57. The molecule has 0 aromatic heterocycles. The van der Waals surface area contributed by atoms with Crippen molar-refractivity contribution in [2.45, 2.75) is 178 Å². The van der Waals surface area contributed by atoms with E-state index in [1.165, 1.54) is 101 Å². The number of aliphatic imine (C=N–C) groups is 1. The van der Waals surface area contributed by atoms with Crippen LogP contribution < -0.4 is 34.8 Å². The smallest absolute Gasteiger partial charge is 0.209 e.